The number of benzene rings is 1. The van der Waals surface area contributed by atoms with Crippen molar-refractivity contribution < 1.29 is 13.9 Å². The number of carbonyl (C=O) groups excluding carboxylic acids is 1. The highest BCUT2D eigenvalue weighted by Crippen LogP contribution is 2.23. The Labute approximate surface area is 147 Å². The number of hydrogen-bond acceptors (Lipinski definition) is 4. The quantitative estimate of drug-likeness (QED) is 0.621. The van der Waals surface area contributed by atoms with Gasteiger partial charge >= 0.3 is 5.63 Å². The Morgan fingerprint density at radius 2 is 2.00 bits per heavy atom. The minimum atomic E-state index is -0.646. The molecule has 0 radical (unpaired) electrons. The maximum Gasteiger partial charge on any atom is 0.336 e. The van der Waals surface area contributed by atoms with Crippen LogP contribution in [0.15, 0.2) is 33.5 Å². The molecule has 0 bridgehead atoms. The van der Waals surface area contributed by atoms with Gasteiger partial charge in [0.25, 0.3) is 5.91 Å². The van der Waals surface area contributed by atoms with Gasteiger partial charge < -0.3 is 14.5 Å². The molecule has 0 aliphatic heterocycles. The highest BCUT2D eigenvalue weighted by molar-refractivity contribution is 5.82. The van der Waals surface area contributed by atoms with Crippen LogP contribution in [-0.2, 0) is 11.2 Å². The van der Waals surface area contributed by atoms with Gasteiger partial charge in [0, 0.05) is 17.5 Å². The van der Waals surface area contributed by atoms with Gasteiger partial charge in [-0.1, -0.05) is 26.7 Å². The minimum Gasteiger partial charge on any atom is -0.484 e. The molecule has 1 amide bonds. The normalized spacial score (nSPS) is 11.1. The van der Waals surface area contributed by atoms with Crippen LogP contribution in [0.5, 0.6) is 5.75 Å². The molecule has 5 nitrogen and oxygen atoms in total. The van der Waals surface area contributed by atoms with Crippen molar-refractivity contribution in [3.05, 3.63) is 40.2 Å². The predicted octanol–water partition coefficient (Wildman–Crippen LogP) is 3.04. The van der Waals surface area contributed by atoms with Gasteiger partial charge in [-0.15, -0.1) is 6.42 Å². The summed E-state index contributed by atoms with van der Waals surface area (Å²) in [5.41, 5.74) is 0.318. The Balaban J connectivity index is 2.12. The fourth-order valence-corrected chi connectivity index (χ4v) is 2.71. The van der Waals surface area contributed by atoms with Gasteiger partial charge in [-0.3, -0.25) is 4.79 Å². The first-order valence-electron chi connectivity index (χ1n) is 8.45. The zero-order valence-corrected chi connectivity index (χ0v) is 14.8. The average molecular weight is 341 g/mol. The summed E-state index contributed by atoms with van der Waals surface area (Å²) in [5, 5.41) is 3.70. The summed E-state index contributed by atoms with van der Waals surface area (Å²) in [5.74, 6) is 2.82. The lowest BCUT2D eigenvalue weighted by atomic mass is 9.94. The summed E-state index contributed by atoms with van der Waals surface area (Å²) in [6, 6.07) is 6.69. The van der Waals surface area contributed by atoms with Gasteiger partial charge in [0.2, 0.25) is 0 Å². The Bertz CT molecular complexity index is 856. The van der Waals surface area contributed by atoms with Crippen molar-refractivity contribution in [1.29, 1.82) is 0 Å². The lowest BCUT2D eigenvalue weighted by Gasteiger charge is -2.26. The highest BCUT2D eigenvalue weighted by atomic mass is 16.5. The summed E-state index contributed by atoms with van der Waals surface area (Å²) in [6.45, 7) is 5.68. The molecular weight excluding hydrogens is 318 g/mol. The number of carbonyl (C=O) groups is 1. The summed E-state index contributed by atoms with van der Waals surface area (Å²) >= 11 is 0. The second kappa shape index (κ2) is 7.89. The first kappa shape index (κ1) is 18.6. The number of terminal acetylenes is 1. The molecule has 2 rings (SSSR count). The van der Waals surface area contributed by atoms with E-state index in [2.05, 4.69) is 11.2 Å². The number of nitrogens with one attached hydrogen (secondary N) is 1. The van der Waals surface area contributed by atoms with Crippen LogP contribution in [0.2, 0.25) is 0 Å². The summed E-state index contributed by atoms with van der Waals surface area (Å²) in [7, 11) is 0. The molecule has 0 aliphatic carbocycles. The number of ether oxygens (including phenoxy) is 1. The fraction of sp³-hybridized carbons (Fsp3) is 0.400. The molecule has 5 heteroatoms. The van der Waals surface area contributed by atoms with Crippen molar-refractivity contribution in [3.8, 4) is 18.1 Å². The van der Waals surface area contributed by atoms with Crippen LogP contribution in [-0.4, -0.2) is 18.1 Å². The molecule has 0 aliphatic rings. The van der Waals surface area contributed by atoms with Crippen molar-refractivity contribution in [1.82, 2.24) is 5.32 Å². The maximum absolute atomic E-state index is 12.1. The molecule has 0 saturated carbocycles. The van der Waals surface area contributed by atoms with Crippen LogP contribution in [0, 0.1) is 12.3 Å². The van der Waals surface area contributed by atoms with E-state index in [4.69, 9.17) is 15.6 Å². The van der Waals surface area contributed by atoms with Crippen LogP contribution < -0.4 is 15.7 Å². The van der Waals surface area contributed by atoms with E-state index in [9.17, 15) is 9.59 Å². The Morgan fingerprint density at radius 1 is 1.28 bits per heavy atom. The number of fused-ring (bicyclic) bond motifs is 1. The molecule has 0 atom stereocenters. The SMILES string of the molecule is C#CC(CC)(CC)NC(=O)COc1ccc2c(CC)cc(=O)oc2c1. The van der Waals surface area contributed by atoms with Crippen LogP contribution in [0.3, 0.4) is 0 Å². The number of hydrogen-bond donors (Lipinski definition) is 1. The van der Waals surface area contributed by atoms with E-state index in [1.807, 2.05) is 26.8 Å². The van der Waals surface area contributed by atoms with Gasteiger partial charge in [-0.05, 0) is 37.0 Å². The van der Waals surface area contributed by atoms with E-state index < -0.39 is 11.2 Å². The summed E-state index contributed by atoms with van der Waals surface area (Å²) < 4.78 is 10.7. The van der Waals surface area contributed by atoms with Gasteiger partial charge in [-0.25, -0.2) is 4.79 Å². The smallest absolute Gasteiger partial charge is 0.336 e. The number of rotatable bonds is 7. The molecule has 1 N–H and O–H groups in total. The van der Waals surface area contributed by atoms with Crippen molar-refractivity contribution in [3.63, 3.8) is 0 Å². The second-order valence-electron chi connectivity index (χ2n) is 5.87. The maximum atomic E-state index is 12.1. The van der Waals surface area contributed by atoms with Crippen molar-refractivity contribution in [2.45, 2.75) is 45.6 Å². The first-order valence-corrected chi connectivity index (χ1v) is 8.45. The first-order chi connectivity index (χ1) is 12.0. The fourth-order valence-electron chi connectivity index (χ4n) is 2.71. The Morgan fingerprint density at radius 3 is 2.60 bits per heavy atom. The molecule has 0 unspecified atom stereocenters. The van der Waals surface area contributed by atoms with Crippen LogP contribution >= 0.6 is 0 Å². The molecule has 0 saturated heterocycles. The zero-order chi connectivity index (χ0) is 18.4. The number of amides is 1. The van der Waals surface area contributed by atoms with E-state index in [-0.39, 0.29) is 12.5 Å². The molecule has 132 valence electrons. The second-order valence-corrected chi connectivity index (χ2v) is 5.87. The van der Waals surface area contributed by atoms with Crippen molar-refractivity contribution >= 4 is 16.9 Å². The zero-order valence-electron chi connectivity index (χ0n) is 14.8. The largest absolute Gasteiger partial charge is 0.484 e. The van der Waals surface area contributed by atoms with E-state index in [0.29, 0.717) is 24.2 Å². The van der Waals surface area contributed by atoms with Crippen molar-refractivity contribution in [2.24, 2.45) is 0 Å². The minimum absolute atomic E-state index is 0.160. The molecule has 1 aromatic carbocycles. The molecule has 2 aromatic rings. The number of aryl methyl sites for hydroxylation is 1. The van der Waals surface area contributed by atoms with Gasteiger partial charge in [0.05, 0.1) is 0 Å². The average Bonchev–Trinajstić information content (AvgIpc) is 2.63. The lowest BCUT2D eigenvalue weighted by molar-refractivity contribution is -0.124. The van der Waals surface area contributed by atoms with Gasteiger partial charge in [0.1, 0.15) is 16.9 Å². The molecule has 25 heavy (non-hydrogen) atoms. The molecule has 0 fully saturated rings. The third-order valence-electron chi connectivity index (χ3n) is 4.41. The lowest BCUT2D eigenvalue weighted by Crippen LogP contribution is -2.48. The summed E-state index contributed by atoms with van der Waals surface area (Å²) in [4.78, 5) is 23.7. The molecule has 0 spiro atoms. The summed E-state index contributed by atoms with van der Waals surface area (Å²) in [6.07, 6.45) is 7.56. The predicted molar refractivity (Wildman–Crippen MR) is 97.6 cm³/mol. The van der Waals surface area contributed by atoms with E-state index in [1.165, 1.54) is 6.07 Å². The van der Waals surface area contributed by atoms with E-state index in [0.717, 1.165) is 17.4 Å². The third kappa shape index (κ3) is 4.21. The molecular formula is C20H23NO4. The van der Waals surface area contributed by atoms with E-state index in [1.54, 1.807) is 12.1 Å². The topological polar surface area (TPSA) is 68.5 Å². The standard InChI is InChI=1S/C20H23NO4/c1-5-14-11-19(23)25-17-12-15(9-10-16(14)17)24-13-18(22)21-20(6-2,7-3)8-4/h2,9-12H,5,7-8,13H2,1,3-4H3,(H,21,22). The Kier molecular flexibility index (Phi) is 5.87. The van der Waals surface area contributed by atoms with Gasteiger partial charge in [-0.2, -0.15) is 0 Å². The molecule has 1 aromatic heterocycles. The van der Waals surface area contributed by atoms with Gasteiger partial charge in [0.15, 0.2) is 6.61 Å². The van der Waals surface area contributed by atoms with Crippen LogP contribution in [0.4, 0.5) is 0 Å². The van der Waals surface area contributed by atoms with E-state index >= 15 is 0 Å². The monoisotopic (exact) mass is 341 g/mol. The Hall–Kier alpha value is -2.74. The third-order valence-corrected chi connectivity index (χ3v) is 4.41. The molecule has 1 heterocycles. The van der Waals surface area contributed by atoms with Crippen LogP contribution in [0.25, 0.3) is 11.0 Å². The van der Waals surface area contributed by atoms with Crippen molar-refractivity contribution in [2.75, 3.05) is 6.61 Å². The highest BCUT2D eigenvalue weighted by Gasteiger charge is 2.25. The van der Waals surface area contributed by atoms with Crippen LogP contribution in [0.1, 0.15) is 39.2 Å².